The Labute approximate surface area is 102 Å². The maximum atomic E-state index is 11.4. The third kappa shape index (κ3) is 3.46. The molecule has 94 valence electrons. The molecule has 17 heavy (non-hydrogen) atoms. The molecule has 0 heterocycles. The van der Waals surface area contributed by atoms with Crippen molar-refractivity contribution in [2.45, 2.75) is 32.9 Å². The minimum atomic E-state index is -0.528. The van der Waals surface area contributed by atoms with Crippen LogP contribution in [0.3, 0.4) is 0 Å². The van der Waals surface area contributed by atoms with Gasteiger partial charge in [0.05, 0.1) is 0 Å². The Morgan fingerprint density at radius 3 is 2.59 bits per heavy atom. The summed E-state index contributed by atoms with van der Waals surface area (Å²) >= 11 is 0. The van der Waals surface area contributed by atoms with Gasteiger partial charge in [-0.15, -0.1) is 0 Å². The summed E-state index contributed by atoms with van der Waals surface area (Å²) in [7, 11) is 1.59. The van der Waals surface area contributed by atoms with E-state index in [-0.39, 0.29) is 11.9 Å². The van der Waals surface area contributed by atoms with Gasteiger partial charge in [-0.1, -0.05) is 17.7 Å². The van der Waals surface area contributed by atoms with Crippen LogP contribution in [0.25, 0.3) is 0 Å². The first-order valence-electron chi connectivity index (χ1n) is 5.70. The molecule has 1 aromatic rings. The highest BCUT2D eigenvalue weighted by Crippen LogP contribution is 2.25. The van der Waals surface area contributed by atoms with Gasteiger partial charge in [0.1, 0.15) is 5.75 Å². The number of nitrogens with two attached hydrogens (primary N) is 1. The number of hydrogen-bond donors (Lipinski definition) is 2. The number of ether oxygens (including phenoxy) is 1. The van der Waals surface area contributed by atoms with E-state index in [9.17, 15) is 4.79 Å². The molecule has 0 saturated heterocycles. The molecule has 0 radical (unpaired) electrons. The van der Waals surface area contributed by atoms with E-state index in [2.05, 4.69) is 5.32 Å². The van der Waals surface area contributed by atoms with Gasteiger partial charge in [0.25, 0.3) is 5.91 Å². The highest BCUT2D eigenvalue weighted by atomic mass is 16.5. The molecule has 0 fully saturated rings. The second kappa shape index (κ2) is 5.68. The molecular weight excluding hydrogens is 216 g/mol. The predicted molar refractivity (Wildman–Crippen MR) is 67.9 cm³/mol. The minimum absolute atomic E-state index is 0.123. The number of benzene rings is 1. The molecule has 3 N–H and O–H groups in total. The van der Waals surface area contributed by atoms with E-state index in [1.807, 2.05) is 32.0 Å². The molecular formula is C13H20N2O2. The van der Waals surface area contributed by atoms with E-state index in [4.69, 9.17) is 10.5 Å². The van der Waals surface area contributed by atoms with Gasteiger partial charge in [-0.05, 0) is 26.8 Å². The van der Waals surface area contributed by atoms with Crippen LogP contribution in [-0.2, 0) is 4.79 Å². The van der Waals surface area contributed by atoms with E-state index in [1.54, 1.807) is 14.0 Å². The van der Waals surface area contributed by atoms with Crippen molar-refractivity contribution < 1.29 is 9.53 Å². The number of carbonyl (C=O) groups is 1. The second-order valence-electron chi connectivity index (χ2n) is 4.20. The van der Waals surface area contributed by atoms with E-state index < -0.39 is 6.10 Å². The lowest BCUT2D eigenvalue weighted by molar-refractivity contribution is -0.126. The lowest BCUT2D eigenvalue weighted by Crippen LogP contribution is -2.34. The zero-order valence-corrected chi connectivity index (χ0v) is 10.8. The molecule has 0 aliphatic rings. The standard InChI is InChI=1S/C13H20N2O2/c1-8-5-6-12(11(7-8)9(2)14)17-10(3)13(16)15-4/h5-7,9-10H,14H2,1-4H3,(H,15,16). The summed E-state index contributed by atoms with van der Waals surface area (Å²) in [5, 5.41) is 2.55. The Balaban J connectivity index is 2.94. The highest BCUT2D eigenvalue weighted by Gasteiger charge is 2.16. The van der Waals surface area contributed by atoms with Crippen LogP contribution in [0.1, 0.15) is 31.0 Å². The molecule has 1 amide bonds. The molecule has 1 rings (SSSR count). The van der Waals surface area contributed by atoms with Gasteiger partial charge in [0, 0.05) is 18.7 Å². The van der Waals surface area contributed by atoms with Gasteiger partial charge in [0.2, 0.25) is 0 Å². The predicted octanol–water partition coefficient (Wildman–Crippen LogP) is 1.53. The molecule has 0 aliphatic carbocycles. The van der Waals surface area contributed by atoms with Crippen molar-refractivity contribution in [3.05, 3.63) is 29.3 Å². The maximum Gasteiger partial charge on any atom is 0.260 e. The summed E-state index contributed by atoms with van der Waals surface area (Å²) < 4.78 is 5.62. The van der Waals surface area contributed by atoms with Gasteiger partial charge < -0.3 is 15.8 Å². The molecule has 4 nitrogen and oxygen atoms in total. The van der Waals surface area contributed by atoms with Gasteiger partial charge in [-0.2, -0.15) is 0 Å². The van der Waals surface area contributed by atoms with Crippen molar-refractivity contribution in [1.29, 1.82) is 0 Å². The van der Waals surface area contributed by atoms with Gasteiger partial charge in [-0.25, -0.2) is 0 Å². The number of carbonyl (C=O) groups excluding carboxylic acids is 1. The molecule has 0 spiro atoms. The fourth-order valence-corrected chi connectivity index (χ4v) is 1.58. The monoisotopic (exact) mass is 236 g/mol. The first-order valence-corrected chi connectivity index (χ1v) is 5.70. The van der Waals surface area contributed by atoms with E-state index in [0.717, 1.165) is 11.1 Å². The van der Waals surface area contributed by atoms with Gasteiger partial charge >= 0.3 is 0 Å². The number of nitrogens with one attached hydrogen (secondary N) is 1. The van der Waals surface area contributed by atoms with Crippen LogP contribution in [0.2, 0.25) is 0 Å². The number of likely N-dealkylation sites (N-methyl/N-ethyl adjacent to an activating group) is 1. The average molecular weight is 236 g/mol. The molecule has 0 bridgehead atoms. The topological polar surface area (TPSA) is 64.3 Å². The largest absolute Gasteiger partial charge is 0.481 e. The number of aryl methyl sites for hydroxylation is 1. The summed E-state index contributed by atoms with van der Waals surface area (Å²) in [6.07, 6.45) is -0.528. The van der Waals surface area contributed by atoms with Crippen LogP contribution < -0.4 is 15.8 Å². The van der Waals surface area contributed by atoms with Crippen molar-refractivity contribution in [2.24, 2.45) is 5.73 Å². The van der Waals surface area contributed by atoms with Gasteiger partial charge in [-0.3, -0.25) is 4.79 Å². The Bertz CT molecular complexity index is 402. The Kier molecular flexibility index (Phi) is 4.52. The van der Waals surface area contributed by atoms with Crippen LogP contribution in [0.15, 0.2) is 18.2 Å². The fourth-order valence-electron chi connectivity index (χ4n) is 1.58. The second-order valence-corrected chi connectivity index (χ2v) is 4.20. The summed E-state index contributed by atoms with van der Waals surface area (Å²) in [4.78, 5) is 11.4. The van der Waals surface area contributed by atoms with Gasteiger partial charge in [0.15, 0.2) is 6.10 Å². The summed E-state index contributed by atoms with van der Waals surface area (Å²) in [5.41, 5.74) is 7.93. The SMILES string of the molecule is CNC(=O)C(C)Oc1ccc(C)cc1C(C)N. The molecule has 0 saturated carbocycles. The van der Waals surface area contributed by atoms with E-state index in [1.165, 1.54) is 0 Å². The third-order valence-corrected chi connectivity index (χ3v) is 2.58. The van der Waals surface area contributed by atoms with Crippen molar-refractivity contribution in [2.75, 3.05) is 7.05 Å². The molecule has 1 aromatic carbocycles. The summed E-state index contributed by atoms with van der Waals surface area (Å²) in [5.74, 6) is 0.517. The molecule has 2 unspecified atom stereocenters. The number of amides is 1. The van der Waals surface area contributed by atoms with Crippen LogP contribution in [0.4, 0.5) is 0 Å². The van der Waals surface area contributed by atoms with Crippen LogP contribution in [0, 0.1) is 6.92 Å². The first kappa shape index (κ1) is 13.5. The van der Waals surface area contributed by atoms with E-state index in [0.29, 0.717) is 5.75 Å². The zero-order chi connectivity index (χ0) is 13.0. The van der Waals surface area contributed by atoms with E-state index >= 15 is 0 Å². The lowest BCUT2D eigenvalue weighted by atomic mass is 10.1. The Morgan fingerprint density at radius 2 is 2.06 bits per heavy atom. The molecule has 2 atom stereocenters. The lowest BCUT2D eigenvalue weighted by Gasteiger charge is -2.18. The molecule has 0 aliphatic heterocycles. The number of hydrogen-bond acceptors (Lipinski definition) is 3. The van der Waals surface area contributed by atoms with Crippen LogP contribution in [0.5, 0.6) is 5.75 Å². The summed E-state index contributed by atoms with van der Waals surface area (Å²) in [6.45, 7) is 5.60. The molecule has 4 heteroatoms. The third-order valence-electron chi connectivity index (χ3n) is 2.58. The van der Waals surface area contributed by atoms with Crippen molar-refractivity contribution in [3.8, 4) is 5.75 Å². The molecule has 0 aromatic heterocycles. The van der Waals surface area contributed by atoms with Crippen LogP contribution >= 0.6 is 0 Å². The normalized spacial score (nSPS) is 13.9. The highest BCUT2D eigenvalue weighted by molar-refractivity contribution is 5.80. The zero-order valence-electron chi connectivity index (χ0n) is 10.8. The van der Waals surface area contributed by atoms with Crippen molar-refractivity contribution in [3.63, 3.8) is 0 Å². The Hall–Kier alpha value is -1.55. The smallest absolute Gasteiger partial charge is 0.260 e. The van der Waals surface area contributed by atoms with Crippen molar-refractivity contribution in [1.82, 2.24) is 5.32 Å². The first-order chi connectivity index (χ1) is 7.95. The maximum absolute atomic E-state index is 11.4. The van der Waals surface area contributed by atoms with Crippen LogP contribution in [-0.4, -0.2) is 19.1 Å². The van der Waals surface area contributed by atoms with Crippen molar-refractivity contribution >= 4 is 5.91 Å². The quantitative estimate of drug-likeness (QED) is 0.833. The minimum Gasteiger partial charge on any atom is -0.481 e. The Morgan fingerprint density at radius 1 is 1.41 bits per heavy atom. The average Bonchev–Trinajstić information content (AvgIpc) is 2.29. The fraction of sp³-hybridized carbons (Fsp3) is 0.462. The number of rotatable bonds is 4. The summed E-state index contributed by atoms with van der Waals surface area (Å²) in [6, 6.07) is 5.66.